The Morgan fingerprint density at radius 1 is 1.12 bits per heavy atom. The number of nitrogens with two attached hydrogens (primary N) is 1. The molecular formula is C18H32IN7. The van der Waals surface area contributed by atoms with Gasteiger partial charge in [-0.1, -0.05) is 6.92 Å². The van der Waals surface area contributed by atoms with Crippen LogP contribution in [0.1, 0.15) is 26.2 Å². The molecule has 2 aliphatic heterocycles. The molecule has 146 valence electrons. The molecule has 0 atom stereocenters. The first-order valence-electron chi connectivity index (χ1n) is 9.51. The van der Waals surface area contributed by atoms with Gasteiger partial charge in [-0.3, -0.25) is 9.89 Å². The molecule has 2 aliphatic rings. The fourth-order valence-electron chi connectivity index (χ4n) is 3.45. The molecule has 0 bridgehead atoms. The van der Waals surface area contributed by atoms with Gasteiger partial charge in [0.15, 0.2) is 5.96 Å². The number of anilines is 1. The van der Waals surface area contributed by atoms with Crippen molar-refractivity contribution in [3.63, 3.8) is 0 Å². The van der Waals surface area contributed by atoms with E-state index in [0.29, 0.717) is 0 Å². The van der Waals surface area contributed by atoms with E-state index in [-0.39, 0.29) is 24.0 Å². The average molecular weight is 473 g/mol. The Balaban J connectivity index is 0.00000243. The summed E-state index contributed by atoms with van der Waals surface area (Å²) in [6.45, 7) is 10.4. The van der Waals surface area contributed by atoms with Crippen LogP contribution < -0.4 is 10.6 Å². The fraction of sp³-hybridized carbons (Fsp3) is 0.722. The van der Waals surface area contributed by atoms with Crippen LogP contribution in [0.15, 0.2) is 23.5 Å². The number of aromatic nitrogens is 2. The number of hydrogen-bond donors (Lipinski definition) is 1. The molecule has 26 heavy (non-hydrogen) atoms. The highest BCUT2D eigenvalue weighted by Crippen LogP contribution is 2.15. The van der Waals surface area contributed by atoms with Crippen molar-refractivity contribution in [2.75, 3.05) is 57.3 Å². The average Bonchev–Trinajstić information content (AvgIpc) is 2.67. The van der Waals surface area contributed by atoms with E-state index in [9.17, 15) is 0 Å². The van der Waals surface area contributed by atoms with E-state index < -0.39 is 0 Å². The van der Waals surface area contributed by atoms with Gasteiger partial charge in [0.1, 0.15) is 0 Å². The Morgan fingerprint density at radius 3 is 2.42 bits per heavy atom. The van der Waals surface area contributed by atoms with Crippen LogP contribution in [0.3, 0.4) is 0 Å². The first-order valence-corrected chi connectivity index (χ1v) is 9.51. The highest BCUT2D eigenvalue weighted by molar-refractivity contribution is 14.0. The van der Waals surface area contributed by atoms with Crippen molar-refractivity contribution in [3.05, 3.63) is 18.5 Å². The van der Waals surface area contributed by atoms with Gasteiger partial charge in [-0.2, -0.15) is 0 Å². The van der Waals surface area contributed by atoms with Crippen LogP contribution >= 0.6 is 24.0 Å². The van der Waals surface area contributed by atoms with Crippen LogP contribution in [0.4, 0.5) is 5.95 Å². The summed E-state index contributed by atoms with van der Waals surface area (Å²) >= 11 is 0. The second-order valence-electron chi connectivity index (χ2n) is 7.14. The number of aliphatic imine (C=N–C) groups is 1. The van der Waals surface area contributed by atoms with Gasteiger partial charge < -0.3 is 15.5 Å². The van der Waals surface area contributed by atoms with Gasteiger partial charge in [0.25, 0.3) is 0 Å². The Morgan fingerprint density at radius 2 is 1.77 bits per heavy atom. The molecule has 0 aromatic carbocycles. The van der Waals surface area contributed by atoms with Crippen molar-refractivity contribution in [3.8, 4) is 0 Å². The first kappa shape index (κ1) is 21.1. The van der Waals surface area contributed by atoms with Crippen LogP contribution in [-0.2, 0) is 0 Å². The van der Waals surface area contributed by atoms with E-state index in [1.54, 1.807) is 12.4 Å². The van der Waals surface area contributed by atoms with Crippen LogP contribution in [0.2, 0.25) is 0 Å². The second-order valence-corrected chi connectivity index (χ2v) is 7.14. The molecular weight excluding hydrogens is 441 g/mol. The lowest BCUT2D eigenvalue weighted by atomic mass is 10.00. The first-order chi connectivity index (χ1) is 12.2. The van der Waals surface area contributed by atoms with Gasteiger partial charge >= 0.3 is 0 Å². The minimum Gasteiger partial charge on any atom is -0.370 e. The Hall–Kier alpha value is -1.16. The van der Waals surface area contributed by atoms with Crippen molar-refractivity contribution in [1.82, 2.24) is 19.8 Å². The third kappa shape index (κ3) is 6.22. The minimum absolute atomic E-state index is 0. The maximum Gasteiger partial charge on any atom is 0.225 e. The van der Waals surface area contributed by atoms with E-state index in [0.717, 1.165) is 76.6 Å². The monoisotopic (exact) mass is 473 g/mol. The quantitative estimate of drug-likeness (QED) is 0.304. The van der Waals surface area contributed by atoms with E-state index >= 15 is 0 Å². The number of guanidine groups is 1. The van der Waals surface area contributed by atoms with Gasteiger partial charge in [0.05, 0.1) is 0 Å². The van der Waals surface area contributed by atoms with E-state index in [1.807, 2.05) is 6.07 Å². The van der Waals surface area contributed by atoms with Crippen molar-refractivity contribution < 1.29 is 0 Å². The van der Waals surface area contributed by atoms with Gasteiger partial charge in [-0.15, -0.1) is 24.0 Å². The zero-order valence-corrected chi connectivity index (χ0v) is 18.1. The van der Waals surface area contributed by atoms with Gasteiger partial charge in [-0.25, -0.2) is 9.97 Å². The van der Waals surface area contributed by atoms with E-state index in [4.69, 9.17) is 5.73 Å². The lowest BCUT2D eigenvalue weighted by molar-refractivity contribution is 0.254. The second kappa shape index (κ2) is 10.9. The number of piperidine rings is 1. The largest absolute Gasteiger partial charge is 0.370 e. The topological polar surface area (TPSA) is 73.9 Å². The summed E-state index contributed by atoms with van der Waals surface area (Å²) in [6, 6.07) is 1.86. The van der Waals surface area contributed by atoms with Crippen LogP contribution in [0.5, 0.6) is 0 Å². The lowest BCUT2D eigenvalue weighted by Crippen LogP contribution is -2.47. The summed E-state index contributed by atoms with van der Waals surface area (Å²) in [5.74, 6) is 2.40. The van der Waals surface area contributed by atoms with Gasteiger partial charge in [-0.05, 0) is 31.2 Å². The van der Waals surface area contributed by atoms with Crippen LogP contribution in [0, 0.1) is 5.92 Å². The smallest absolute Gasteiger partial charge is 0.225 e. The molecule has 8 heteroatoms. The standard InChI is InChI=1S/C18H31N7.HI/c1-16-4-10-24(11-5-16)17(19)20-8-3-9-23-12-14-25(15-13-23)18-21-6-2-7-22-18;/h2,6-7,16H,3-5,8-15H2,1H3,(H2,19,20);1H. The summed E-state index contributed by atoms with van der Waals surface area (Å²) in [5.41, 5.74) is 6.14. The highest BCUT2D eigenvalue weighted by atomic mass is 127. The third-order valence-electron chi connectivity index (χ3n) is 5.22. The highest BCUT2D eigenvalue weighted by Gasteiger charge is 2.19. The van der Waals surface area contributed by atoms with Crippen molar-refractivity contribution >= 4 is 35.9 Å². The molecule has 1 aromatic rings. The summed E-state index contributed by atoms with van der Waals surface area (Å²) < 4.78 is 0. The molecule has 0 amide bonds. The van der Waals surface area contributed by atoms with Crippen molar-refractivity contribution in [1.29, 1.82) is 0 Å². The Labute approximate surface area is 174 Å². The Kier molecular flexibility index (Phi) is 8.83. The minimum atomic E-state index is 0. The molecule has 2 saturated heterocycles. The van der Waals surface area contributed by atoms with E-state index in [1.165, 1.54) is 12.8 Å². The normalized spacial score (nSPS) is 20.1. The summed E-state index contributed by atoms with van der Waals surface area (Å²) in [7, 11) is 0. The molecule has 3 heterocycles. The molecule has 0 spiro atoms. The third-order valence-corrected chi connectivity index (χ3v) is 5.22. The van der Waals surface area contributed by atoms with E-state index in [2.05, 4.69) is 36.6 Å². The van der Waals surface area contributed by atoms with Crippen LogP contribution in [-0.4, -0.2) is 78.1 Å². The molecule has 0 unspecified atom stereocenters. The molecule has 0 radical (unpaired) electrons. The van der Waals surface area contributed by atoms with Crippen molar-refractivity contribution in [2.45, 2.75) is 26.2 Å². The summed E-state index contributed by atoms with van der Waals surface area (Å²) in [6.07, 6.45) is 7.13. The number of hydrogen-bond acceptors (Lipinski definition) is 5. The Bertz CT molecular complexity index is 538. The zero-order chi connectivity index (χ0) is 17.5. The molecule has 7 nitrogen and oxygen atoms in total. The number of likely N-dealkylation sites (tertiary alicyclic amines) is 1. The number of nitrogens with zero attached hydrogens (tertiary/aromatic N) is 6. The summed E-state index contributed by atoms with van der Waals surface area (Å²) in [5, 5.41) is 0. The molecule has 2 N–H and O–H groups in total. The summed E-state index contributed by atoms with van der Waals surface area (Å²) in [4.78, 5) is 20.2. The number of piperazine rings is 1. The molecule has 3 rings (SSSR count). The molecule has 2 fully saturated rings. The molecule has 1 aromatic heterocycles. The van der Waals surface area contributed by atoms with Gasteiger partial charge in [0, 0.05) is 64.8 Å². The maximum atomic E-state index is 6.14. The number of rotatable bonds is 5. The predicted octanol–water partition coefficient (Wildman–Crippen LogP) is 1.65. The fourth-order valence-corrected chi connectivity index (χ4v) is 3.45. The lowest BCUT2D eigenvalue weighted by Gasteiger charge is -2.34. The van der Waals surface area contributed by atoms with Gasteiger partial charge in [0.2, 0.25) is 5.95 Å². The van der Waals surface area contributed by atoms with Crippen LogP contribution in [0.25, 0.3) is 0 Å². The molecule has 0 saturated carbocycles. The maximum absolute atomic E-state index is 6.14. The zero-order valence-electron chi connectivity index (χ0n) is 15.8. The predicted molar refractivity (Wildman–Crippen MR) is 117 cm³/mol. The van der Waals surface area contributed by atoms with Crippen molar-refractivity contribution in [2.24, 2.45) is 16.6 Å². The molecule has 0 aliphatic carbocycles. The number of halogens is 1. The SMILES string of the molecule is CC1CCN(C(N)=NCCCN2CCN(c3ncccn3)CC2)CC1.I.